The molecule has 0 spiro atoms. The first kappa shape index (κ1) is 24.1. The molecule has 3 rings (SSSR count). The lowest BCUT2D eigenvalue weighted by molar-refractivity contribution is -0.145. The number of sulfonamides is 1. The monoisotopic (exact) mass is 488 g/mol. The summed E-state index contributed by atoms with van der Waals surface area (Å²) in [6, 6.07) is 17.8. The lowest BCUT2D eigenvalue weighted by atomic mass is 10.1. The number of carbonyl (C=O) groups excluding carboxylic acids is 1. The molecule has 1 unspecified atom stereocenters. The molecule has 10 heteroatoms. The van der Waals surface area contributed by atoms with Gasteiger partial charge in [0.2, 0.25) is 6.10 Å². The number of nitrogens with one attached hydrogen (secondary N) is 2. The Morgan fingerprint density at radius 2 is 1.70 bits per heavy atom. The van der Waals surface area contributed by atoms with Crippen molar-refractivity contribution in [3.63, 3.8) is 0 Å². The minimum Gasteiger partial charge on any atom is -0.478 e. The van der Waals surface area contributed by atoms with E-state index in [-0.39, 0.29) is 21.9 Å². The number of carboxylic acids is 1. The van der Waals surface area contributed by atoms with Crippen molar-refractivity contribution in [2.24, 2.45) is 0 Å². The summed E-state index contributed by atoms with van der Waals surface area (Å²) >= 11 is 5.84. The number of benzene rings is 3. The minimum absolute atomic E-state index is 0.0585. The Morgan fingerprint density at radius 1 is 1.03 bits per heavy atom. The number of aliphatic carboxylic acids is 1. The highest BCUT2D eigenvalue weighted by atomic mass is 35.5. The van der Waals surface area contributed by atoms with Gasteiger partial charge in [-0.15, -0.1) is 0 Å². The molecule has 3 aromatic rings. The number of amides is 1. The molecule has 0 radical (unpaired) electrons. The molecule has 0 saturated heterocycles. The van der Waals surface area contributed by atoms with Gasteiger partial charge >= 0.3 is 5.97 Å². The van der Waals surface area contributed by atoms with Crippen LogP contribution in [0.15, 0.2) is 77.7 Å². The average Bonchev–Trinajstić information content (AvgIpc) is 2.78. The number of halogens is 1. The molecule has 1 amide bonds. The van der Waals surface area contributed by atoms with Crippen LogP contribution in [0.5, 0.6) is 5.75 Å². The molecule has 0 aliphatic carbocycles. The lowest BCUT2D eigenvalue weighted by Gasteiger charge is -2.19. The maximum Gasteiger partial charge on any atom is 0.349 e. The fourth-order valence-corrected chi connectivity index (χ4v) is 4.14. The van der Waals surface area contributed by atoms with Crippen LogP contribution in [0.3, 0.4) is 0 Å². The summed E-state index contributed by atoms with van der Waals surface area (Å²) < 4.78 is 34.0. The van der Waals surface area contributed by atoms with Gasteiger partial charge in [0.25, 0.3) is 15.9 Å². The van der Waals surface area contributed by atoms with Crippen molar-refractivity contribution in [2.75, 3.05) is 11.3 Å². The van der Waals surface area contributed by atoms with E-state index in [1.807, 2.05) is 0 Å². The van der Waals surface area contributed by atoms with Gasteiger partial charge in [0.05, 0.1) is 10.6 Å². The summed E-state index contributed by atoms with van der Waals surface area (Å²) in [4.78, 5) is 24.1. The number of carbonyl (C=O) groups is 2. The summed E-state index contributed by atoms with van der Waals surface area (Å²) in [7, 11) is -4.10. The molecule has 0 aliphatic heterocycles. The number of carboxylic acid groups (broad SMARTS) is 1. The van der Waals surface area contributed by atoms with Crippen molar-refractivity contribution in [3.8, 4) is 5.75 Å². The second kappa shape index (κ2) is 10.4. The first-order valence-corrected chi connectivity index (χ1v) is 11.7. The van der Waals surface area contributed by atoms with E-state index in [0.717, 1.165) is 0 Å². The SMILES string of the molecule is CCNC(=O)c1ccc(OC(C(=O)O)c2ccccc2)c(NS(=O)(=O)c2ccc(Cl)cc2)c1. The van der Waals surface area contributed by atoms with Crippen LogP contribution in [0.1, 0.15) is 28.9 Å². The third-order valence-electron chi connectivity index (χ3n) is 4.52. The van der Waals surface area contributed by atoms with Crippen LogP contribution in [0.2, 0.25) is 5.02 Å². The highest BCUT2D eigenvalue weighted by molar-refractivity contribution is 7.92. The van der Waals surface area contributed by atoms with Crippen molar-refractivity contribution in [2.45, 2.75) is 17.9 Å². The van der Waals surface area contributed by atoms with Gasteiger partial charge in [0, 0.05) is 22.7 Å². The molecule has 3 aromatic carbocycles. The normalized spacial score (nSPS) is 11.9. The summed E-state index contributed by atoms with van der Waals surface area (Å²) in [6.07, 6.45) is -1.40. The van der Waals surface area contributed by atoms with Crippen LogP contribution in [0.4, 0.5) is 5.69 Å². The smallest absolute Gasteiger partial charge is 0.349 e. The Kier molecular flexibility index (Phi) is 7.57. The Labute approximate surface area is 196 Å². The number of rotatable bonds is 9. The van der Waals surface area contributed by atoms with Crippen molar-refractivity contribution in [1.82, 2.24) is 5.32 Å². The van der Waals surface area contributed by atoms with Gasteiger partial charge in [0.1, 0.15) is 5.75 Å². The number of hydrogen-bond donors (Lipinski definition) is 3. The molecule has 172 valence electrons. The molecule has 0 aromatic heterocycles. The molecule has 8 nitrogen and oxygen atoms in total. The van der Waals surface area contributed by atoms with Crippen LogP contribution >= 0.6 is 11.6 Å². The van der Waals surface area contributed by atoms with Crippen molar-refractivity contribution < 1.29 is 27.9 Å². The van der Waals surface area contributed by atoms with E-state index in [4.69, 9.17) is 16.3 Å². The highest BCUT2D eigenvalue weighted by Crippen LogP contribution is 2.32. The summed E-state index contributed by atoms with van der Waals surface area (Å²) in [6.45, 7) is 2.12. The van der Waals surface area contributed by atoms with E-state index in [1.165, 1.54) is 42.5 Å². The Hall–Kier alpha value is -3.56. The Balaban J connectivity index is 2.03. The van der Waals surface area contributed by atoms with E-state index in [1.54, 1.807) is 37.3 Å². The standard InChI is InChI=1S/C23H21ClN2O6S/c1-2-25-22(27)16-8-13-20(32-21(23(28)29)15-6-4-3-5-7-15)19(14-16)26-33(30,31)18-11-9-17(24)10-12-18/h3-14,21,26H,2H2,1H3,(H,25,27)(H,28,29). The zero-order valence-corrected chi connectivity index (χ0v) is 19.1. The summed E-state index contributed by atoms with van der Waals surface area (Å²) in [5.74, 6) is -1.74. The fourth-order valence-electron chi connectivity index (χ4n) is 2.95. The largest absolute Gasteiger partial charge is 0.478 e. The predicted octanol–water partition coefficient (Wildman–Crippen LogP) is 4.10. The van der Waals surface area contributed by atoms with Gasteiger partial charge in [-0.25, -0.2) is 13.2 Å². The fraction of sp³-hybridized carbons (Fsp3) is 0.130. The summed E-state index contributed by atoms with van der Waals surface area (Å²) in [5, 5.41) is 12.7. The number of anilines is 1. The van der Waals surface area contributed by atoms with Crippen LogP contribution in [0.25, 0.3) is 0 Å². The van der Waals surface area contributed by atoms with Gasteiger partial charge in [-0.2, -0.15) is 0 Å². The van der Waals surface area contributed by atoms with E-state index >= 15 is 0 Å². The van der Waals surface area contributed by atoms with Crippen LogP contribution in [-0.2, 0) is 14.8 Å². The van der Waals surface area contributed by atoms with Gasteiger partial charge in [0.15, 0.2) is 0 Å². The molecule has 0 aliphatic rings. The number of ether oxygens (including phenoxy) is 1. The molecular weight excluding hydrogens is 468 g/mol. The predicted molar refractivity (Wildman–Crippen MR) is 124 cm³/mol. The van der Waals surface area contributed by atoms with E-state index < -0.39 is 28.0 Å². The molecule has 0 fully saturated rings. The summed E-state index contributed by atoms with van der Waals surface area (Å²) in [5.41, 5.74) is 0.449. The molecule has 1 atom stereocenters. The highest BCUT2D eigenvalue weighted by Gasteiger charge is 2.25. The van der Waals surface area contributed by atoms with Gasteiger partial charge in [-0.1, -0.05) is 41.9 Å². The Morgan fingerprint density at radius 3 is 2.30 bits per heavy atom. The van der Waals surface area contributed by atoms with E-state index in [2.05, 4.69) is 10.0 Å². The maximum atomic E-state index is 12.9. The second-order valence-corrected chi connectivity index (χ2v) is 9.00. The third kappa shape index (κ3) is 6.03. The lowest BCUT2D eigenvalue weighted by Crippen LogP contribution is -2.23. The average molecular weight is 489 g/mol. The molecule has 33 heavy (non-hydrogen) atoms. The van der Waals surface area contributed by atoms with Crippen LogP contribution < -0.4 is 14.8 Å². The first-order chi connectivity index (χ1) is 15.7. The van der Waals surface area contributed by atoms with Crippen LogP contribution in [0, 0.1) is 0 Å². The molecular formula is C23H21ClN2O6S. The van der Waals surface area contributed by atoms with E-state index in [9.17, 15) is 23.1 Å². The van der Waals surface area contributed by atoms with Gasteiger partial charge in [-0.05, 0) is 49.4 Å². The van der Waals surface area contributed by atoms with Crippen molar-refractivity contribution in [1.29, 1.82) is 0 Å². The number of hydrogen-bond acceptors (Lipinski definition) is 5. The van der Waals surface area contributed by atoms with Gasteiger partial charge < -0.3 is 15.2 Å². The first-order valence-electron chi connectivity index (χ1n) is 9.86. The topological polar surface area (TPSA) is 122 Å². The maximum absolute atomic E-state index is 12.9. The third-order valence-corrected chi connectivity index (χ3v) is 6.15. The zero-order chi connectivity index (χ0) is 24.0. The Bertz CT molecular complexity index is 1250. The molecule has 0 bridgehead atoms. The van der Waals surface area contributed by atoms with Crippen molar-refractivity contribution in [3.05, 3.63) is 88.9 Å². The quantitative estimate of drug-likeness (QED) is 0.417. The van der Waals surface area contributed by atoms with E-state index in [0.29, 0.717) is 17.1 Å². The minimum atomic E-state index is -4.10. The van der Waals surface area contributed by atoms with Crippen LogP contribution in [-0.4, -0.2) is 31.9 Å². The van der Waals surface area contributed by atoms with Gasteiger partial charge in [-0.3, -0.25) is 9.52 Å². The molecule has 3 N–H and O–H groups in total. The molecule has 0 heterocycles. The zero-order valence-electron chi connectivity index (χ0n) is 17.5. The second-order valence-electron chi connectivity index (χ2n) is 6.88. The molecule has 0 saturated carbocycles. The van der Waals surface area contributed by atoms with Crippen molar-refractivity contribution >= 4 is 39.2 Å².